The van der Waals surface area contributed by atoms with Crippen molar-refractivity contribution in [3.05, 3.63) is 35.9 Å². The van der Waals surface area contributed by atoms with Gasteiger partial charge in [-0.2, -0.15) is 0 Å². The number of nitrogens with zero attached hydrogens (tertiary/aromatic N) is 2. The highest BCUT2D eigenvalue weighted by Gasteiger charge is 2.49. The van der Waals surface area contributed by atoms with E-state index >= 15 is 0 Å². The summed E-state index contributed by atoms with van der Waals surface area (Å²) in [5.74, 6) is -0.495. The van der Waals surface area contributed by atoms with E-state index in [1.165, 1.54) is 0 Å². The summed E-state index contributed by atoms with van der Waals surface area (Å²) in [7, 11) is 0. The molecular weight excluding hydrogens is 316 g/mol. The summed E-state index contributed by atoms with van der Waals surface area (Å²) in [5.41, 5.74) is 1.27. The van der Waals surface area contributed by atoms with Crippen LogP contribution >= 0.6 is 0 Å². The van der Waals surface area contributed by atoms with Gasteiger partial charge in [0.25, 0.3) is 0 Å². The number of hydrogen-bond donors (Lipinski definition) is 1. The number of carbonyl (C=O) groups excluding carboxylic acids is 1. The van der Waals surface area contributed by atoms with E-state index in [2.05, 4.69) is 17.0 Å². The van der Waals surface area contributed by atoms with Gasteiger partial charge in [0.05, 0.1) is 12.5 Å². The number of hydrogen-bond acceptors (Lipinski definition) is 3. The molecule has 1 atom stereocenters. The highest BCUT2D eigenvalue weighted by atomic mass is 16.4. The summed E-state index contributed by atoms with van der Waals surface area (Å²) in [6.45, 7) is 2.63. The van der Waals surface area contributed by atoms with Gasteiger partial charge in [0.2, 0.25) is 5.91 Å². The lowest BCUT2D eigenvalue weighted by atomic mass is 9.67. The Morgan fingerprint density at radius 2 is 1.84 bits per heavy atom. The molecule has 3 fully saturated rings. The Bertz CT molecular complexity index is 648. The third-order valence-corrected chi connectivity index (χ3v) is 6.19. The molecule has 5 nitrogen and oxygen atoms in total. The molecule has 1 amide bonds. The number of rotatable bonds is 4. The Hall–Kier alpha value is -1.88. The number of piperidine rings is 2. The Labute approximate surface area is 148 Å². The molecular formula is C20H26N2O3. The van der Waals surface area contributed by atoms with Gasteiger partial charge < -0.3 is 10.0 Å². The fourth-order valence-electron chi connectivity index (χ4n) is 4.60. The van der Waals surface area contributed by atoms with Gasteiger partial charge in [0.1, 0.15) is 0 Å². The fourth-order valence-corrected chi connectivity index (χ4v) is 4.60. The Kier molecular flexibility index (Phi) is 4.28. The van der Waals surface area contributed by atoms with Crippen LogP contribution < -0.4 is 0 Å². The van der Waals surface area contributed by atoms with Crippen molar-refractivity contribution in [2.45, 2.75) is 44.1 Å². The minimum absolute atomic E-state index is 0.0402. The summed E-state index contributed by atoms with van der Waals surface area (Å²) in [5, 5.41) is 9.02. The van der Waals surface area contributed by atoms with Crippen molar-refractivity contribution < 1.29 is 14.7 Å². The molecule has 2 saturated heterocycles. The minimum Gasteiger partial charge on any atom is -0.480 e. The second kappa shape index (κ2) is 6.45. The van der Waals surface area contributed by atoms with Crippen LogP contribution in [0.3, 0.4) is 0 Å². The van der Waals surface area contributed by atoms with E-state index < -0.39 is 5.97 Å². The third-order valence-electron chi connectivity index (χ3n) is 6.19. The highest BCUT2D eigenvalue weighted by molar-refractivity contribution is 5.85. The second-order valence-electron chi connectivity index (χ2n) is 8.03. The largest absolute Gasteiger partial charge is 0.480 e. The predicted molar refractivity (Wildman–Crippen MR) is 94.3 cm³/mol. The van der Waals surface area contributed by atoms with Gasteiger partial charge in [0, 0.05) is 12.6 Å². The molecule has 1 N–H and O–H groups in total. The first kappa shape index (κ1) is 16.6. The summed E-state index contributed by atoms with van der Waals surface area (Å²) in [6.07, 6.45) is 5.14. The smallest absolute Gasteiger partial charge is 0.317 e. The zero-order valence-corrected chi connectivity index (χ0v) is 14.6. The van der Waals surface area contributed by atoms with Crippen LogP contribution in [0.5, 0.6) is 0 Å². The fraction of sp³-hybridized carbons (Fsp3) is 0.600. The van der Waals surface area contributed by atoms with E-state index in [1.807, 2.05) is 23.1 Å². The lowest BCUT2D eigenvalue weighted by Crippen LogP contribution is -2.55. The van der Waals surface area contributed by atoms with Gasteiger partial charge in [-0.3, -0.25) is 14.5 Å². The molecule has 0 aromatic heterocycles. The van der Waals surface area contributed by atoms with Gasteiger partial charge in [-0.05, 0) is 56.2 Å². The molecule has 25 heavy (non-hydrogen) atoms. The minimum atomic E-state index is -0.753. The van der Waals surface area contributed by atoms with Crippen LogP contribution in [0.4, 0.5) is 0 Å². The number of carboxylic acid groups (broad SMARTS) is 1. The number of carbonyl (C=O) groups is 2. The SMILES string of the molecule is O=C(O)CN1CCC2(CC1)CC(c1ccccc1)C(=O)N(C1CC1)C2. The summed E-state index contributed by atoms with van der Waals surface area (Å²) in [6, 6.07) is 10.6. The van der Waals surface area contributed by atoms with Crippen molar-refractivity contribution in [2.24, 2.45) is 5.41 Å². The molecule has 1 aromatic carbocycles. The average molecular weight is 342 g/mol. The number of amides is 1. The van der Waals surface area contributed by atoms with Crippen molar-refractivity contribution in [2.75, 3.05) is 26.2 Å². The van der Waals surface area contributed by atoms with Crippen LogP contribution in [-0.2, 0) is 9.59 Å². The average Bonchev–Trinajstić information content (AvgIpc) is 3.44. The van der Waals surface area contributed by atoms with Crippen molar-refractivity contribution in [3.63, 3.8) is 0 Å². The van der Waals surface area contributed by atoms with E-state index in [9.17, 15) is 9.59 Å². The van der Waals surface area contributed by atoms with E-state index in [4.69, 9.17) is 5.11 Å². The van der Waals surface area contributed by atoms with E-state index in [1.54, 1.807) is 0 Å². The normalized spacial score (nSPS) is 26.8. The van der Waals surface area contributed by atoms with Gasteiger partial charge >= 0.3 is 5.97 Å². The molecule has 1 aliphatic carbocycles. The monoisotopic (exact) mass is 342 g/mol. The van der Waals surface area contributed by atoms with E-state index in [0.717, 1.165) is 57.3 Å². The van der Waals surface area contributed by atoms with Gasteiger partial charge in [-0.15, -0.1) is 0 Å². The number of aliphatic carboxylic acids is 1. The van der Waals surface area contributed by atoms with Gasteiger partial charge in [0.15, 0.2) is 0 Å². The zero-order chi connectivity index (χ0) is 17.4. The second-order valence-corrected chi connectivity index (χ2v) is 8.03. The van der Waals surface area contributed by atoms with Crippen LogP contribution in [0.1, 0.15) is 43.6 Å². The number of likely N-dealkylation sites (tertiary alicyclic amines) is 2. The maximum absolute atomic E-state index is 13.1. The quantitative estimate of drug-likeness (QED) is 0.912. The molecule has 1 aromatic rings. The van der Waals surface area contributed by atoms with Crippen LogP contribution in [0.15, 0.2) is 30.3 Å². The molecule has 1 saturated carbocycles. The molecule has 5 heteroatoms. The van der Waals surface area contributed by atoms with Gasteiger partial charge in [-0.25, -0.2) is 0 Å². The number of carboxylic acids is 1. The standard InChI is InChI=1S/C20H26N2O3/c23-18(24)13-21-10-8-20(9-11-21)12-17(15-4-2-1-3-5-15)19(25)22(14-20)16-6-7-16/h1-5,16-17H,6-14H2,(H,23,24). The molecule has 1 spiro atoms. The third kappa shape index (κ3) is 3.43. The van der Waals surface area contributed by atoms with Gasteiger partial charge in [-0.1, -0.05) is 30.3 Å². The first-order valence-corrected chi connectivity index (χ1v) is 9.36. The van der Waals surface area contributed by atoms with E-state index in [-0.39, 0.29) is 17.9 Å². The summed E-state index contributed by atoms with van der Waals surface area (Å²) >= 11 is 0. The maximum atomic E-state index is 13.1. The van der Waals surface area contributed by atoms with Crippen molar-refractivity contribution in [3.8, 4) is 0 Å². The molecule has 0 bridgehead atoms. The zero-order valence-electron chi connectivity index (χ0n) is 14.6. The van der Waals surface area contributed by atoms with Crippen LogP contribution in [-0.4, -0.2) is 59.0 Å². The summed E-state index contributed by atoms with van der Waals surface area (Å²) < 4.78 is 0. The van der Waals surface area contributed by atoms with Crippen LogP contribution in [0, 0.1) is 5.41 Å². The Morgan fingerprint density at radius 1 is 1.16 bits per heavy atom. The Morgan fingerprint density at radius 3 is 2.44 bits per heavy atom. The predicted octanol–water partition coefficient (Wildman–Crippen LogP) is 2.33. The Balaban J connectivity index is 1.54. The first-order valence-electron chi connectivity index (χ1n) is 9.36. The van der Waals surface area contributed by atoms with E-state index in [0.29, 0.717) is 11.9 Å². The maximum Gasteiger partial charge on any atom is 0.317 e. The lowest BCUT2D eigenvalue weighted by Gasteiger charge is -2.50. The van der Waals surface area contributed by atoms with Crippen molar-refractivity contribution >= 4 is 11.9 Å². The van der Waals surface area contributed by atoms with Crippen LogP contribution in [0.25, 0.3) is 0 Å². The molecule has 2 aliphatic heterocycles. The molecule has 134 valence electrons. The molecule has 3 aliphatic rings. The molecule has 1 unspecified atom stereocenters. The van der Waals surface area contributed by atoms with Crippen molar-refractivity contribution in [1.29, 1.82) is 0 Å². The number of benzene rings is 1. The lowest BCUT2D eigenvalue weighted by molar-refractivity contribution is -0.143. The molecule has 2 heterocycles. The van der Waals surface area contributed by atoms with Crippen molar-refractivity contribution in [1.82, 2.24) is 9.80 Å². The van der Waals surface area contributed by atoms with Crippen LogP contribution in [0.2, 0.25) is 0 Å². The highest BCUT2D eigenvalue weighted by Crippen LogP contribution is 2.48. The topological polar surface area (TPSA) is 60.9 Å². The summed E-state index contributed by atoms with van der Waals surface area (Å²) in [4.78, 5) is 28.2. The first-order chi connectivity index (χ1) is 12.1. The molecule has 4 rings (SSSR count). The molecule has 0 radical (unpaired) electrons.